The Morgan fingerprint density at radius 3 is 2.38 bits per heavy atom. The van der Waals surface area contributed by atoms with Gasteiger partial charge in [0.15, 0.2) is 0 Å². The molecule has 2 heterocycles. The minimum Gasteiger partial charge on any atom is -0.497 e. The van der Waals surface area contributed by atoms with E-state index in [1.807, 2.05) is 29.2 Å². The van der Waals surface area contributed by atoms with Gasteiger partial charge in [-0.1, -0.05) is 26.0 Å². The molecule has 4 rings (SSSR count). The number of hydrogen-bond acceptors (Lipinski definition) is 5. The fourth-order valence-corrected chi connectivity index (χ4v) is 5.67. The second-order valence-electron chi connectivity index (χ2n) is 10.5. The Bertz CT molecular complexity index is 1290. The van der Waals surface area contributed by atoms with Crippen LogP contribution in [-0.2, 0) is 17.8 Å². The SMILES string of the molecule is CCN(CC)CCCn1c(C)c(C=CC(=O)N2CCN(CCc3cccc(OC)c3)CC2)c2cc(OC)ccc21. The number of rotatable bonds is 13. The average Bonchev–Trinajstić information content (AvgIpc) is 3.26. The Balaban J connectivity index is 1.39. The summed E-state index contributed by atoms with van der Waals surface area (Å²) in [6, 6.07) is 14.5. The van der Waals surface area contributed by atoms with Gasteiger partial charge in [-0.05, 0) is 81.4 Å². The van der Waals surface area contributed by atoms with Gasteiger partial charge in [-0.2, -0.15) is 0 Å². The molecule has 7 heteroatoms. The lowest BCUT2D eigenvalue weighted by atomic mass is 10.1. The Kier molecular flexibility index (Phi) is 10.7. The maximum absolute atomic E-state index is 13.2. The largest absolute Gasteiger partial charge is 0.497 e. The lowest BCUT2D eigenvalue weighted by Gasteiger charge is -2.34. The van der Waals surface area contributed by atoms with Crippen LogP contribution >= 0.6 is 0 Å². The number of piperazine rings is 1. The quantitative estimate of drug-likeness (QED) is 0.279. The molecule has 0 atom stereocenters. The van der Waals surface area contributed by atoms with Gasteiger partial charge in [-0.3, -0.25) is 9.69 Å². The van der Waals surface area contributed by atoms with Crippen molar-refractivity contribution < 1.29 is 14.3 Å². The summed E-state index contributed by atoms with van der Waals surface area (Å²) in [6.45, 7) is 15.1. The normalized spacial score (nSPS) is 14.5. The molecule has 1 fully saturated rings. The first-order valence-electron chi connectivity index (χ1n) is 14.7. The number of fused-ring (bicyclic) bond motifs is 1. The summed E-state index contributed by atoms with van der Waals surface area (Å²) in [6.07, 6.45) is 5.83. The number of aryl methyl sites for hydroxylation is 1. The monoisotopic (exact) mass is 546 g/mol. The van der Waals surface area contributed by atoms with Gasteiger partial charge in [0, 0.05) is 67.5 Å². The van der Waals surface area contributed by atoms with Crippen molar-refractivity contribution in [2.45, 2.75) is 40.2 Å². The lowest BCUT2D eigenvalue weighted by molar-refractivity contribution is -0.127. The molecular formula is C33H46N4O3. The van der Waals surface area contributed by atoms with E-state index in [4.69, 9.17) is 9.47 Å². The average molecular weight is 547 g/mol. The van der Waals surface area contributed by atoms with Crippen molar-refractivity contribution in [2.75, 3.05) is 66.6 Å². The summed E-state index contributed by atoms with van der Waals surface area (Å²) in [5, 5.41) is 1.13. The number of benzene rings is 2. The number of aromatic nitrogens is 1. The van der Waals surface area contributed by atoms with Crippen LogP contribution in [0.25, 0.3) is 17.0 Å². The van der Waals surface area contributed by atoms with Gasteiger partial charge in [-0.25, -0.2) is 0 Å². The molecule has 1 amide bonds. The molecule has 1 saturated heterocycles. The fourth-order valence-electron chi connectivity index (χ4n) is 5.67. The lowest BCUT2D eigenvalue weighted by Crippen LogP contribution is -2.48. The van der Waals surface area contributed by atoms with Gasteiger partial charge in [0.25, 0.3) is 0 Å². The van der Waals surface area contributed by atoms with Crippen LogP contribution in [0.5, 0.6) is 11.5 Å². The first kappa shape index (κ1) is 29.7. The van der Waals surface area contributed by atoms with E-state index in [2.05, 4.69) is 59.4 Å². The Hall–Kier alpha value is -3.29. The molecular weight excluding hydrogens is 500 g/mol. The number of amides is 1. The van der Waals surface area contributed by atoms with Gasteiger partial charge in [0.05, 0.1) is 14.2 Å². The highest BCUT2D eigenvalue weighted by Gasteiger charge is 2.20. The maximum Gasteiger partial charge on any atom is 0.246 e. The number of carbonyl (C=O) groups is 1. The van der Waals surface area contributed by atoms with Crippen molar-refractivity contribution in [1.82, 2.24) is 19.3 Å². The van der Waals surface area contributed by atoms with Gasteiger partial charge < -0.3 is 23.8 Å². The topological polar surface area (TPSA) is 50.2 Å². The first-order chi connectivity index (χ1) is 19.5. The molecule has 40 heavy (non-hydrogen) atoms. The molecule has 0 unspecified atom stereocenters. The first-order valence-corrected chi connectivity index (χ1v) is 14.7. The Labute approximate surface area is 239 Å². The summed E-state index contributed by atoms with van der Waals surface area (Å²) >= 11 is 0. The highest BCUT2D eigenvalue weighted by Crippen LogP contribution is 2.31. The predicted octanol–water partition coefficient (Wildman–Crippen LogP) is 5.10. The molecule has 3 aromatic rings. The van der Waals surface area contributed by atoms with Crippen LogP contribution in [0.1, 0.15) is 37.1 Å². The molecule has 0 saturated carbocycles. The van der Waals surface area contributed by atoms with Crippen LogP contribution in [0.4, 0.5) is 0 Å². The van der Waals surface area contributed by atoms with Crippen LogP contribution in [0.15, 0.2) is 48.5 Å². The van der Waals surface area contributed by atoms with E-state index < -0.39 is 0 Å². The summed E-state index contributed by atoms with van der Waals surface area (Å²) in [4.78, 5) is 20.1. The molecule has 1 aliphatic heterocycles. The Morgan fingerprint density at radius 2 is 1.68 bits per heavy atom. The van der Waals surface area contributed by atoms with E-state index in [1.54, 1.807) is 20.3 Å². The second-order valence-corrected chi connectivity index (χ2v) is 10.5. The fraction of sp³-hybridized carbons (Fsp3) is 0.485. The van der Waals surface area contributed by atoms with E-state index >= 15 is 0 Å². The van der Waals surface area contributed by atoms with E-state index in [9.17, 15) is 4.79 Å². The molecule has 216 valence electrons. The molecule has 0 radical (unpaired) electrons. The highest BCUT2D eigenvalue weighted by atomic mass is 16.5. The van der Waals surface area contributed by atoms with Crippen LogP contribution in [-0.4, -0.2) is 91.8 Å². The molecule has 7 nitrogen and oxygen atoms in total. The molecule has 0 aliphatic carbocycles. The van der Waals surface area contributed by atoms with Crippen molar-refractivity contribution in [1.29, 1.82) is 0 Å². The number of methoxy groups -OCH3 is 2. The molecule has 0 spiro atoms. The number of ether oxygens (including phenoxy) is 2. The summed E-state index contributed by atoms with van der Waals surface area (Å²) in [5.74, 6) is 1.81. The van der Waals surface area contributed by atoms with E-state index in [-0.39, 0.29) is 5.91 Å². The van der Waals surface area contributed by atoms with Gasteiger partial charge in [0.2, 0.25) is 5.91 Å². The minimum atomic E-state index is 0.0807. The van der Waals surface area contributed by atoms with E-state index in [0.29, 0.717) is 0 Å². The van der Waals surface area contributed by atoms with Crippen LogP contribution < -0.4 is 9.47 Å². The zero-order valence-corrected chi connectivity index (χ0v) is 25.0. The third kappa shape index (κ3) is 7.26. The summed E-state index contributed by atoms with van der Waals surface area (Å²) in [7, 11) is 3.40. The third-order valence-corrected chi connectivity index (χ3v) is 8.26. The second kappa shape index (κ2) is 14.4. The predicted molar refractivity (Wildman–Crippen MR) is 164 cm³/mol. The Morgan fingerprint density at radius 1 is 0.950 bits per heavy atom. The van der Waals surface area contributed by atoms with Crippen molar-refractivity contribution in [2.24, 2.45) is 0 Å². The van der Waals surface area contributed by atoms with Crippen LogP contribution in [0, 0.1) is 6.92 Å². The zero-order valence-electron chi connectivity index (χ0n) is 25.0. The maximum atomic E-state index is 13.2. The smallest absolute Gasteiger partial charge is 0.246 e. The molecule has 1 aliphatic rings. The zero-order chi connectivity index (χ0) is 28.5. The number of carbonyl (C=O) groups excluding carboxylic acids is 1. The van der Waals surface area contributed by atoms with Gasteiger partial charge >= 0.3 is 0 Å². The summed E-state index contributed by atoms with van der Waals surface area (Å²) in [5.41, 5.74) is 4.76. The van der Waals surface area contributed by atoms with Crippen molar-refractivity contribution in [3.05, 3.63) is 65.4 Å². The van der Waals surface area contributed by atoms with Gasteiger partial charge in [-0.15, -0.1) is 0 Å². The molecule has 1 aromatic heterocycles. The van der Waals surface area contributed by atoms with Crippen molar-refractivity contribution >= 4 is 22.9 Å². The van der Waals surface area contributed by atoms with Crippen LogP contribution in [0.3, 0.4) is 0 Å². The molecule has 0 bridgehead atoms. The highest BCUT2D eigenvalue weighted by molar-refractivity contribution is 5.98. The third-order valence-electron chi connectivity index (χ3n) is 8.26. The van der Waals surface area contributed by atoms with Crippen LogP contribution in [0.2, 0.25) is 0 Å². The van der Waals surface area contributed by atoms with Crippen molar-refractivity contribution in [3.8, 4) is 11.5 Å². The standard InChI is InChI=1S/C33H46N4O3/c1-6-34(7-2)17-9-18-37-26(3)30(31-25-29(40-5)12-14-32(31)37)13-15-33(38)36-22-20-35(21-23-36)19-16-27-10-8-11-28(24-27)39-4/h8,10-15,24-25H,6-7,9,16-23H2,1-5H3. The van der Waals surface area contributed by atoms with Crippen molar-refractivity contribution in [3.63, 3.8) is 0 Å². The van der Waals surface area contributed by atoms with E-state index in [1.165, 1.54) is 16.8 Å². The number of hydrogen-bond donors (Lipinski definition) is 0. The van der Waals surface area contributed by atoms with Gasteiger partial charge in [0.1, 0.15) is 11.5 Å². The summed E-state index contributed by atoms with van der Waals surface area (Å²) < 4.78 is 13.3. The molecule has 2 aromatic carbocycles. The molecule has 0 N–H and O–H groups in total. The minimum absolute atomic E-state index is 0.0807. The van der Waals surface area contributed by atoms with E-state index in [0.717, 1.165) is 94.2 Å². The number of nitrogens with zero attached hydrogens (tertiary/aromatic N) is 4.